The smallest absolute Gasteiger partial charge is 0.164 e. The van der Waals surface area contributed by atoms with Crippen molar-refractivity contribution in [1.29, 1.82) is 0 Å². The molecule has 0 unspecified atom stereocenters. The van der Waals surface area contributed by atoms with Crippen molar-refractivity contribution in [3.8, 4) is 0 Å². The van der Waals surface area contributed by atoms with Gasteiger partial charge in [-0.05, 0) is 25.1 Å². The van der Waals surface area contributed by atoms with E-state index in [1.54, 1.807) is 6.07 Å². The van der Waals surface area contributed by atoms with E-state index in [4.69, 9.17) is 11.6 Å². The number of Topliss-reactive ketones (excluding diaryl/α,β-unsaturated/α-hetero) is 1. The van der Waals surface area contributed by atoms with Crippen LogP contribution in [0.15, 0.2) is 42.5 Å². The van der Waals surface area contributed by atoms with Gasteiger partial charge < -0.3 is 5.32 Å². The number of carbonyl (C=O) groups is 1. The highest BCUT2D eigenvalue weighted by atomic mass is 35.5. The van der Waals surface area contributed by atoms with Gasteiger partial charge in [-0.2, -0.15) is 0 Å². The van der Waals surface area contributed by atoms with Gasteiger partial charge in [0.25, 0.3) is 0 Å². The van der Waals surface area contributed by atoms with E-state index >= 15 is 0 Å². The molecule has 2 nitrogen and oxygen atoms in total. The molecule has 0 atom stereocenters. The first-order chi connectivity index (χ1) is 9.56. The lowest BCUT2D eigenvalue weighted by Crippen LogP contribution is -2.09. The first-order valence-corrected chi connectivity index (χ1v) is 6.73. The fourth-order valence-electron chi connectivity index (χ4n) is 1.81. The topological polar surface area (TPSA) is 29.1 Å². The molecular formula is C16H15ClFNO. The molecule has 0 aliphatic rings. The van der Waals surface area contributed by atoms with Crippen molar-refractivity contribution < 1.29 is 9.18 Å². The number of hydrogen-bond acceptors (Lipinski definition) is 2. The van der Waals surface area contributed by atoms with E-state index in [1.807, 2.05) is 31.2 Å². The van der Waals surface area contributed by atoms with Crippen LogP contribution in [0, 0.1) is 12.7 Å². The molecule has 0 amide bonds. The molecule has 0 aliphatic carbocycles. The molecule has 0 heterocycles. The van der Waals surface area contributed by atoms with Gasteiger partial charge in [-0.15, -0.1) is 0 Å². The maximum atomic E-state index is 13.0. The van der Waals surface area contributed by atoms with E-state index in [-0.39, 0.29) is 10.8 Å². The van der Waals surface area contributed by atoms with Crippen molar-refractivity contribution in [2.45, 2.75) is 13.3 Å². The number of aryl methyl sites for hydroxylation is 1. The van der Waals surface area contributed by atoms with Crippen LogP contribution in [0.4, 0.5) is 10.1 Å². The average molecular weight is 292 g/mol. The normalized spacial score (nSPS) is 10.3. The molecule has 0 bridgehead atoms. The van der Waals surface area contributed by atoms with E-state index in [0.29, 0.717) is 24.2 Å². The van der Waals surface area contributed by atoms with Crippen LogP contribution in [0.1, 0.15) is 22.3 Å². The van der Waals surface area contributed by atoms with Crippen molar-refractivity contribution in [1.82, 2.24) is 0 Å². The summed E-state index contributed by atoms with van der Waals surface area (Å²) in [6.45, 7) is 2.46. The number of rotatable bonds is 5. The molecule has 0 fully saturated rings. The average Bonchev–Trinajstić information content (AvgIpc) is 2.43. The summed E-state index contributed by atoms with van der Waals surface area (Å²) >= 11 is 5.68. The third-order valence-electron chi connectivity index (χ3n) is 2.97. The molecule has 0 saturated carbocycles. The number of nitrogens with one attached hydrogen (secondary N) is 1. The summed E-state index contributed by atoms with van der Waals surface area (Å²) in [4.78, 5) is 11.9. The Balaban J connectivity index is 1.87. The minimum absolute atomic E-state index is 0.0693. The molecule has 0 radical (unpaired) electrons. The lowest BCUT2D eigenvalue weighted by molar-refractivity contribution is 0.0986. The molecule has 20 heavy (non-hydrogen) atoms. The minimum Gasteiger partial charge on any atom is -0.385 e. The first-order valence-electron chi connectivity index (χ1n) is 6.35. The Bertz CT molecular complexity index is 610. The van der Waals surface area contributed by atoms with Crippen LogP contribution in [-0.2, 0) is 0 Å². The summed E-state index contributed by atoms with van der Waals surface area (Å²) in [7, 11) is 0. The van der Waals surface area contributed by atoms with E-state index in [9.17, 15) is 9.18 Å². The van der Waals surface area contributed by atoms with Crippen LogP contribution in [0.3, 0.4) is 0 Å². The summed E-state index contributed by atoms with van der Waals surface area (Å²) in [5.41, 5.74) is 2.53. The number of anilines is 1. The number of hydrogen-bond donors (Lipinski definition) is 1. The number of ketones is 1. The van der Waals surface area contributed by atoms with Crippen molar-refractivity contribution in [2.24, 2.45) is 0 Å². The molecule has 4 heteroatoms. The van der Waals surface area contributed by atoms with Crippen LogP contribution in [0.2, 0.25) is 5.02 Å². The van der Waals surface area contributed by atoms with Gasteiger partial charge in [0, 0.05) is 24.2 Å². The Morgan fingerprint density at radius 1 is 1.20 bits per heavy atom. The molecule has 0 aromatic heterocycles. The predicted molar refractivity (Wildman–Crippen MR) is 80.0 cm³/mol. The van der Waals surface area contributed by atoms with Crippen LogP contribution < -0.4 is 5.32 Å². The lowest BCUT2D eigenvalue weighted by Gasteiger charge is -2.07. The molecule has 1 N–H and O–H groups in total. The lowest BCUT2D eigenvalue weighted by atomic mass is 10.1. The first kappa shape index (κ1) is 14.5. The highest BCUT2D eigenvalue weighted by Crippen LogP contribution is 2.19. The van der Waals surface area contributed by atoms with Gasteiger partial charge >= 0.3 is 0 Å². The summed E-state index contributed by atoms with van der Waals surface area (Å²) in [6, 6.07) is 11.9. The van der Waals surface area contributed by atoms with Crippen LogP contribution in [0.25, 0.3) is 0 Å². The highest BCUT2D eigenvalue weighted by Gasteiger charge is 2.05. The number of halogens is 2. The quantitative estimate of drug-likeness (QED) is 0.823. The summed E-state index contributed by atoms with van der Waals surface area (Å²) in [5, 5.41) is 3.12. The summed E-state index contributed by atoms with van der Waals surface area (Å²) < 4.78 is 13.0. The second-order valence-corrected chi connectivity index (χ2v) is 5.00. The Kier molecular flexibility index (Phi) is 4.74. The zero-order chi connectivity index (χ0) is 14.5. The molecular weight excluding hydrogens is 277 g/mol. The summed E-state index contributed by atoms with van der Waals surface area (Å²) in [6.07, 6.45) is 0.373. The van der Waals surface area contributed by atoms with Gasteiger partial charge in [0.2, 0.25) is 0 Å². The Morgan fingerprint density at radius 3 is 2.55 bits per heavy atom. The maximum Gasteiger partial charge on any atom is 0.164 e. The maximum absolute atomic E-state index is 13.0. The fourth-order valence-corrected chi connectivity index (χ4v) is 1.99. The van der Waals surface area contributed by atoms with Crippen molar-refractivity contribution in [2.75, 3.05) is 11.9 Å². The minimum atomic E-state index is -0.451. The molecule has 0 spiro atoms. The molecule has 0 aliphatic heterocycles. The zero-order valence-electron chi connectivity index (χ0n) is 11.1. The van der Waals surface area contributed by atoms with Crippen LogP contribution in [-0.4, -0.2) is 12.3 Å². The van der Waals surface area contributed by atoms with E-state index < -0.39 is 5.82 Å². The SMILES string of the molecule is Cc1ccc(C(=O)CCNc2ccc(F)c(Cl)c2)cc1. The van der Waals surface area contributed by atoms with Gasteiger partial charge in [0.15, 0.2) is 5.78 Å². The Morgan fingerprint density at radius 2 is 1.90 bits per heavy atom. The second kappa shape index (κ2) is 6.53. The van der Waals surface area contributed by atoms with Crippen LogP contribution in [0.5, 0.6) is 0 Å². The second-order valence-electron chi connectivity index (χ2n) is 4.59. The van der Waals surface area contributed by atoms with Gasteiger partial charge in [-0.1, -0.05) is 41.4 Å². The predicted octanol–water partition coefficient (Wildman–Crippen LogP) is 4.47. The van der Waals surface area contributed by atoms with Crippen LogP contribution >= 0.6 is 11.6 Å². The molecule has 2 aromatic rings. The molecule has 0 saturated heterocycles. The van der Waals surface area contributed by atoms with Crippen molar-refractivity contribution in [3.63, 3.8) is 0 Å². The molecule has 104 valence electrons. The van der Waals surface area contributed by atoms with E-state index in [1.165, 1.54) is 12.1 Å². The standard InChI is InChI=1S/C16H15ClFNO/c1-11-2-4-12(5-3-11)16(20)8-9-19-13-6-7-15(18)14(17)10-13/h2-7,10,19H,8-9H2,1H3. The number of benzene rings is 2. The summed E-state index contributed by atoms with van der Waals surface area (Å²) in [5.74, 6) is -0.376. The third kappa shape index (κ3) is 3.81. The molecule has 2 rings (SSSR count). The monoisotopic (exact) mass is 291 g/mol. The van der Waals surface area contributed by atoms with E-state index in [0.717, 1.165) is 5.56 Å². The Hall–Kier alpha value is -1.87. The number of carbonyl (C=O) groups excluding carboxylic acids is 1. The fraction of sp³-hybridized carbons (Fsp3) is 0.188. The molecule has 2 aromatic carbocycles. The van der Waals surface area contributed by atoms with Gasteiger partial charge in [-0.3, -0.25) is 4.79 Å². The zero-order valence-corrected chi connectivity index (χ0v) is 11.9. The van der Waals surface area contributed by atoms with Gasteiger partial charge in [-0.25, -0.2) is 4.39 Å². The largest absolute Gasteiger partial charge is 0.385 e. The van der Waals surface area contributed by atoms with Crippen molar-refractivity contribution in [3.05, 3.63) is 64.4 Å². The van der Waals surface area contributed by atoms with Gasteiger partial charge in [0.1, 0.15) is 5.82 Å². The van der Waals surface area contributed by atoms with Crippen molar-refractivity contribution >= 4 is 23.1 Å². The van der Waals surface area contributed by atoms with Gasteiger partial charge in [0.05, 0.1) is 5.02 Å². The third-order valence-corrected chi connectivity index (χ3v) is 3.26. The Labute approximate surface area is 122 Å². The highest BCUT2D eigenvalue weighted by molar-refractivity contribution is 6.31. The van der Waals surface area contributed by atoms with E-state index in [2.05, 4.69) is 5.32 Å².